The monoisotopic (exact) mass is 436 g/mol. The van der Waals surface area contributed by atoms with Gasteiger partial charge < -0.3 is 24.8 Å². The molecule has 2 aliphatic heterocycles. The van der Waals surface area contributed by atoms with Crippen molar-refractivity contribution < 1.29 is 27.4 Å². The Labute approximate surface area is 179 Å². The Bertz CT molecular complexity index is 855. The van der Waals surface area contributed by atoms with Gasteiger partial charge >= 0.3 is 6.36 Å². The first-order valence-electron chi connectivity index (χ1n) is 10.6. The number of rotatable bonds is 6. The van der Waals surface area contributed by atoms with Crippen LogP contribution in [0.1, 0.15) is 31.7 Å². The van der Waals surface area contributed by atoms with Crippen LogP contribution in [0.3, 0.4) is 0 Å². The molecule has 1 atom stereocenters. The van der Waals surface area contributed by atoms with Gasteiger partial charge in [-0.3, -0.25) is 0 Å². The number of para-hydroxylation sites is 2. The Hall–Kier alpha value is -2.45. The highest BCUT2D eigenvalue weighted by Crippen LogP contribution is 2.50. The van der Waals surface area contributed by atoms with Crippen LogP contribution in [-0.2, 0) is 5.79 Å². The van der Waals surface area contributed by atoms with Crippen LogP contribution in [0.2, 0.25) is 0 Å². The van der Waals surface area contributed by atoms with Crippen molar-refractivity contribution in [2.24, 2.45) is 11.7 Å². The van der Waals surface area contributed by atoms with Crippen molar-refractivity contribution in [3.63, 3.8) is 0 Å². The maximum atomic E-state index is 12.6. The summed E-state index contributed by atoms with van der Waals surface area (Å²) in [5.41, 5.74) is 6.38. The number of piperidine rings is 1. The van der Waals surface area contributed by atoms with Gasteiger partial charge in [-0.05, 0) is 82.2 Å². The summed E-state index contributed by atoms with van der Waals surface area (Å²) in [5, 5.41) is 0. The fraction of sp³-hybridized carbons (Fsp3) is 0.478. The van der Waals surface area contributed by atoms with E-state index in [4.69, 9.17) is 15.2 Å². The molecule has 1 saturated heterocycles. The Morgan fingerprint density at radius 1 is 1.06 bits per heavy atom. The molecule has 0 bridgehead atoms. The van der Waals surface area contributed by atoms with E-state index in [1.807, 2.05) is 24.3 Å². The summed E-state index contributed by atoms with van der Waals surface area (Å²) in [6, 6.07) is 13.6. The topological polar surface area (TPSA) is 57.0 Å². The van der Waals surface area contributed by atoms with Crippen LogP contribution in [0.15, 0.2) is 48.5 Å². The van der Waals surface area contributed by atoms with Gasteiger partial charge in [-0.1, -0.05) is 12.1 Å². The second-order valence-electron chi connectivity index (χ2n) is 8.13. The van der Waals surface area contributed by atoms with E-state index in [2.05, 4.69) is 16.6 Å². The van der Waals surface area contributed by atoms with Gasteiger partial charge in [0.05, 0.1) is 0 Å². The van der Waals surface area contributed by atoms with E-state index in [1.165, 1.54) is 12.1 Å². The normalized spacial score (nSPS) is 19.9. The first-order chi connectivity index (χ1) is 14.8. The van der Waals surface area contributed by atoms with Crippen LogP contribution in [0.25, 0.3) is 0 Å². The van der Waals surface area contributed by atoms with E-state index >= 15 is 0 Å². The molecular formula is C23H27F3N2O3. The van der Waals surface area contributed by atoms with Crippen molar-refractivity contribution in [3.8, 4) is 17.2 Å². The lowest BCUT2D eigenvalue weighted by molar-refractivity contribution is -0.274. The van der Waals surface area contributed by atoms with Crippen LogP contribution in [0.5, 0.6) is 17.2 Å². The third kappa shape index (κ3) is 4.60. The molecule has 168 valence electrons. The summed E-state index contributed by atoms with van der Waals surface area (Å²) in [4.78, 5) is 2.42. The van der Waals surface area contributed by atoms with E-state index in [0.29, 0.717) is 29.6 Å². The maximum Gasteiger partial charge on any atom is 0.573 e. The molecule has 31 heavy (non-hydrogen) atoms. The van der Waals surface area contributed by atoms with Crippen molar-refractivity contribution >= 4 is 0 Å². The average Bonchev–Trinajstić information content (AvgIpc) is 3.14. The number of benzene rings is 2. The zero-order valence-electron chi connectivity index (χ0n) is 17.4. The predicted molar refractivity (Wildman–Crippen MR) is 110 cm³/mol. The lowest BCUT2D eigenvalue weighted by atomic mass is 9.83. The summed E-state index contributed by atoms with van der Waals surface area (Å²) in [6.45, 7) is 4.59. The van der Waals surface area contributed by atoms with Crippen LogP contribution in [0, 0.1) is 5.92 Å². The number of nitrogens with zero attached hydrogens (tertiary/aromatic N) is 1. The highest BCUT2D eigenvalue weighted by molar-refractivity contribution is 5.45. The summed E-state index contributed by atoms with van der Waals surface area (Å²) in [7, 11) is 0. The van der Waals surface area contributed by atoms with E-state index in [1.54, 1.807) is 12.1 Å². The molecule has 8 heteroatoms. The van der Waals surface area contributed by atoms with Gasteiger partial charge in [-0.15, -0.1) is 13.2 Å². The molecule has 0 aliphatic carbocycles. The highest BCUT2D eigenvalue weighted by atomic mass is 19.4. The standard InChI is InChI=1S/C23H27F3N2O3/c1-16(10-13-27)28-14-11-18(12-15-28)22(30-20-4-2-3-5-21(20)31-22)17-6-8-19(9-7-17)29-23(24,25)26/h2-9,16,18H,10-15,27H2,1H3. The summed E-state index contributed by atoms with van der Waals surface area (Å²) in [6.07, 6.45) is -2.12. The largest absolute Gasteiger partial charge is 0.573 e. The van der Waals surface area contributed by atoms with Crippen LogP contribution in [0.4, 0.5) is 13.2 Å². The number of hydrogen-bond acceptors (Lipinski definition) is 5. The summed E-state index contributed by atoms with van der Waals surface area (Å²) < 4.78 is 54.5. The lowest BCUT2D eigenvalue weighted by Gasteiger charge is -2.42. The Kier molecular flexibility index (Phi) is 6.03. The minimum Gasteiger partial charge on any atom is -0.444 e. The molecule has 0 aromatic heterocycles. The highest BCUT2D eigenvalue weighted by Gasteiger charge is 2.51. The minimum atomic E-state index is -4.73. The van der Waals surface area contributed by atoms with Gasteiger partial charge in [0.2, 0.25) is 0 Å². The molecule has 5 nitrogen and oxygen atoms in total. The van der Waals surface area contributed by atoms with Crippen molar-refractivity contribution in [2.45, 2.75) is 44.4 Å². The lowest BCUT2D eigenvalue weighted by Crippen LogP contribution is -2.50. The molecule has 2 aromatic rings. The van der Waals surface area contributed by atoms with Gasteiger partial charge in [0.15, 0.2) is 11.5 Å². The van der Waals surface area contributed by atoms with Crippen molar-refractivity contribution in [1.29, 1.82) is 0 Å². The van der Waals surface area contributed by atoms with Gasteiger partial charge in [0, 0.05) is 17.5 Å². The fourth-order valence-corrected chi connectivity index (χ4v) is 4.52. The number of halogens is 3. The maximum absolute atomic E-state index is 12.6. The number of ether oxygens (including phenoxy) is 3. The molecule has 0 spiro atoms. The van der Waals surface area contributed by atoms with Gasteiger partial charge in [-0.2, -0.15) is 0 Å². The van der Waals surface area contributed by atoms with E-state index < -0.39 is 12.1 Å². The molecule has 2 aliphatic rings. The third-order valence-corrected chi connectivity index (χ3v) is 6.14. The second kappa shape index (κ2) is 8.59. The molecule has 0 radical (unpaired) electrons. The molecular weight excluding hydrogens is 409 g/mol. The molecule has 2 N–H and O–H groups in total. The average molecular weight is 436 g/mol. The molecule has 1 unspecified atom stereocenters. The summed E-state index contributed by atoms with van der Waals surface area (Å²) in [5.74, 6) is -0.0408. The number of likely N-dealkylation sites (tertiary alicyclic amines) is 1. The first kappa shape index (κ1) is 21.8. The molecule has 1 fully saturated rings. The number of nitrogens with two attached hydrogens (primary N) is 1. The second-order valence-corrected chi connectivity index (χ2v) is 8.13. The fourth-order valence-electron chi connectivity index (χ4n) is 4.52. The number of alkyl halides is 3. The van der Waals surface area contributed by atoms with Crippen molar-refractivity contribution in [2.75, 3.05) is 19.6 Å². The number of fused-ring (bicyclic) bond motifs is 1. The van der Waals surface area contributed by atoms with E-state index in [0.717, 1.165) is 32.4 Å². The van der Waals surface area contributed by atoms with Crippen LogP contribution in [-0.4, -0.2) is 36.9 Å². The van der Waals surface area contributed by atoms with Crippen molar-refractivity contribution in [1.82, 2.24) is 4.90 Å². The zero-order valence-corrected chi connectivity index (χ0v) is 17.4. The van der Waals surface area contributed by atoms with Crippen molar-refractivity contribution in [3.05, 3.63) is 54.1 Å². The minimum absolute atomic E-state index is 0.0376. The Balaban J connectivity index is 1.59. The van der Waals surface area contributed by atoms with Gasteiger partial charge in [0.25, 0.3) is 5.79 Å². The van der Waals surface area contributed by atoms with Gasteiger partial charge in [-0.25, -0.2) is 0 Å². The SMILES string of the molecule is CC(CCN)N1CCC(C2(c3ccc(OC(F)(F)F)cc3)Oc3ccccc3O2)CC1. The zero-order chi connectivity index (χ0) is 22.1. The molecule has 2 heterocycles. The smallest absolute Gasteiger partial charge is 0.444 e. The van der Waals surface area contributed by atoms with E-state index in [9.17, 15) is 13.2 Å². The first-order valence-corrected chi connectivity index (χ1v) is 10.6. The Morgan fingerprint density at radius 2 is 1.65 bits per heavy atom. The predicted octanol–water partition coefficient (Wildman–Crippen LogP) is 4.66. The summed E-state index contributed by atoms with van der Waals surface area (Å²) >= 11 is 0. The van der Waals surface area contributed by atoms with Crippen LogP contribution >= 0.6 is 0 Å². The van der Waals surface area contributed by atoms with E-state index in [-0.39, 0.29) is 11.7 Å². The van der Waals surface area contributed by atoms with Crippen LogP contribution < -0.4 is 19.9 Å². The number of hydrogen-bond donors (Lipinski definition) is 1. The molecule has 4 rings (SSSR count). The Morgan fingerprint density at radius 3 is 2.16 bits per heavy atom. The quantitative estimate of drug-likeness (QED) is 0.714. The molecule has 0 amide bonds. The molecule has 0 saturated carbocycles. The van der Waals surface area contributed by atoms with Gasteiger partial charge in [0.1, 0.15) is 5.75 Å². The molecule has 2 aromatic carbocycles. The third-order valence-electron chi connectivity index (χ3n) is 6.14.